The minimum Gasteiger partial charge on any atom is -1.00 e. The molecule has 0 amide bonds. The van der Waals surface area contributed by atoms with Crippen molar-refractivity contribution in [3.8, 4) is 23.0 Å². The second-order valence-electron chi connectivity index (χ2n) is 8.44. The maximum Gasteiger partial charge on any atom is 0.231 e. The van der Waals surface area contributed by atoms with Crippen LogP contribution in [0.5, 0.6) is 23.0 Å². The third-order valence-electron chi connectivity index (χ3n) is 6.91. The van der Waals surface area contributed by atoms with Crippen LogP contribution in [-0.2, 0) is 13.0 Å². The monoisotopic (exact) mass is 479 g/mol. The van der Waals surface area contributed by atoms with Crippen molar-refractivity contribution >= 4 is 32.4 Å². The van der Waals surface area contributed by atoms with E-state index in [9.17, 15) is 0 Å². The average molecular weight is 480 g/mol. The zero-order valence-electron chi connectivity index (χ0n) is 17.5. The van der Waals surface area contributed by atoms with Gasteiger partial charge in [0.05, 0.1) is 30.4 Å². The summed E-state index contributed by atoms with van der Waals surface area (Å²) in [6.45, 7) is 1.26. The lowest BCUT2D eigenvalue weighted by atomic mass is 9.91. The standard InChI is InChI=1S/C25H22NO4.BrH/c1-27-18-8-7-15-16-5-6-17-20-14(11-19-24(17)30-12-29-19)9-10-26(23(16)20)22(13-3-4-13)21(15)25(18)28-2;/h5-8,11,13H,3-4,9-10,12H2,1-2H3;1H/q+1;/p-1. The summed E-state index contributed by atoms with van der Waals surface area (Å²) >= 11 is 0. The summed E-state index contributed by atoms with van der Waals surface area (Å²) in [6, 6.07) is 10.8. The zero-order valence-corrected chi connectivity index (χ0v) is 19.0. The van der Waals surface area contributed by atoms with Crippen LogP contribution in [0.1, 0.15) is 30.0 Å². The predicted octanol–water partition coefficient (Wildman–Crippen LogP) is 1.62. The second-order valence-corrected chi connectivity index (χ2v) is 8.44. The van der Waals surface area contributed by atoms with E-state index in [1.165, 1.54) is 51.2 Å². The van der Waals surface area contributed by atoms with E-state index in [1.807, 2.05) is 6.07 Å². The Kier molecular flexibility index (Phi) is 4.06. The molecule has 0 bridgehead atoms. The molecule has 1 aromatic heterocycles. The maximum absolute atomic E-state index is 5.91. The van der Waals surface area contributed by atoms with E-state index in [-0.39, 0.29) is 17.0 Å². The highest BCUT2D eigenvalue weighted by Crippen LogP contribution is 2.50. The summed E-state index contributed by atoms with van der Waals surface area (Å²) in [5, 5.41) is 6.15. The average Bonchev–Trinajstić information content (AvgIpc) is 3.51. The number of pyridine rings is 1. The zero-order chi connectivity index (χ0) is 20.0. The lowest BCUT2D eigenvalue weighted by Gasteiger charge is -2.20. The van der Waals surface area contributed by atoms with E-state index in [2.05, 4.69) is 28.8 Å². The Morgan fingerprint density at radius 2 is 1.74 bits per heavy atom. The van der Waals surface area contributed by atoms with Gasteiger partial charge in [0, 0.05) is 23.1 Å². The first-order valence-corrected chi connectivity index (χ1v) is 10.6. The topological polar surface area (TPSA) is 40.8 Å². The Morgan fingerprint density at radius 3 is 2.52 bits per heavy atom. The van der Waals surface area contributed by atoms with Crippen LogP contribution in [0.2, 0.25) is 0 Å². The summed E-state index contributed by atoms with van der Waals surface area (Å²) < 4.78 is 25.7. The second kappa shape index (κ2) is 6.63. The fourth-order valence-corrected chi connectivity index (χ4v) is 5.54. The third-order valence-corrected chi connectivity index (χ3v) is 6.91. The van der Waals surface area contributed by atoms with Gasteiger partial charge in [0.1, 0.15) is 0 Å². The maximum atomic E-state index is 5.91. The van der Waals surface area contributed by atoms with Crippen LogP contribution < -0.4 is 40.5 Å². The Morgan fingerprint density at radius 1 is 0.935 bits per heavy atom. The number of methoxy groups -OCH3 is 2. The number of fused-ring (bicyclic) bond motifs is 4. The molecule has 1 fully saturated rings. The first kappa shape index (κ1) is 19.0. The van der Waals surface area contributed by atoms with Crippen molar-refractivity contribution in [3.63, 3.8) is 0 Å². The van der Waals surface area contributed by atoms with Crippen LogP contribution in [0.25, 0.3) is 32.4 Å². The Labute approximate surface area is 190 Å². The number of hydrogen-bond acceptors (Lipinski definition) is 4. The lowest BCUT2D eigenvalue weighted by molar-refractivity contribution is -0.677. The number of halogens is 1. The van der Waals surface area contributed by atoms with Gasteiger partial charge in [-0.1, -0.05) is 0 Å². The third kappa shape index (κ3) is 2.39. The molecule has 0 radical (unpaired) electrons. The first-order chi connectivity index (χ1) is 14.8. The van der Waals surface area contributed by atoms with Crippen molar-refractivity contribution in [1.82, 2.24) is 0 Å². The van der Waals surface area contributed by atoms with Gasteiger partial charge in [-0.25, -0.2) is 0 Å². The fraction of sp³-hybridized carbons (Fsp3) is 0.320. The summed E-state index contributed by atoms with van der Waals surface area (Å²) in [4.78, 5) is 0. The van der Waals surface area contributed by atoms with E-state index in [1.54, 1.807) is 14.2 Å². The molecule has 2 aliphatic heterocycles. The van der Waals surface area contributed by atoms with E-state index >= 15 is 0 Å². The molecule has 5 nitrogen and oxygen atoms in total. The number of hydrogen-bond donors (Lipinski definition) is 0. The van der Waals surface area contributed by atoms with Gasteiger partial charge in [0.2, 0.25) is 12.3 Å². The summed E-state index contributed by atoms with van der Waals surface area (Å²) in [5.41, 5.74) is 4.05. The van der Waals surface area contributed by atoms with Crippen LogP contribution >= 0.6 is 0 Å². The molecule has 0 spiro atoms. The Hall–Kier alpha value is -2.73. The van der Waals surface area contributed by atoms with Gasteiger partial charge in [-0.3, -0.25) is 0 Å². The molecule has 31 heavy (non-hydrogen) atoms. The quantitative estimate of drug-likeness (QED) is 0.330. The van der Waals surface area contributed by atoms with Crippen molar-refractivity contribution in [3.05, 3.63) is 41.6 Å². The minimum atomic E-state index is 0. The predicted molar refractivity (Wildman–Crippen MR) is 114 cm³/mol. The molecule has 1 aliphatic carbocycles. The van der Waals surface area contributed by atoms with Crippen LogP contribution in [-0.4, -0.2) is 21.0 Å². The number of benzene rings is 3. The molecular weight excluding hydrogens is 458 g/mol. The Balaban J connectivity index is 0.00000185. The van der Waals surface area contributed by atoms with E-state index in [4.69, 9.17) is 18.9 Å². The Bertz CT molecular complexity index is 1410. The molecule has 3 aromatic carbocycles. The molecule has 0 atom stereocenters. The number of rotatable bonds is 3. The highest BCUT2D eigenvalue weighted by atomic mass is 79.9. The van der Waals surface area contributed by atoms with Crippen molar-refractivity contribution in [1.29, 1.82) is 0 Å². The molecular formula is C25H22BrNO4. The smallest absolute Gasteiger partial charge is 0.231 e. The molecule has 6 heteroatoms. The van der Waals surface area contributed by atoms with Gasteiger partial charge in [0.15, 0.2) is 35.2 Å². The molecule has 1 saturated carbocycles. The SMILES string of the molecule is COc1ccc2c(c1OC)c(C1CC1)[n+]1c3c2ccc2c4c(cc(c23)CC1)OCO4.[Br-]. The number of ether oxygens (including phenoxy) is 4. The molecule has 7 rings (SSSR count). The molecule has 0 saturated heterocycles. The number of aryl methyl sites for hydroxylation is 2. The lowest BCUT2D eigenvalue weighted by Crippen LogP contribution is -3.00. The fourth-order valence-electron chi connectivity index (χ4n) is 5.54. The molecule has 0 unspecified atom stereocenters. The van der Waals surface area contributed by atoms with Crippen LogP contribution in [0, 0.1) is 0 Å². The van der Waals surface area contributed by atoms with E-state index < -0.39 is 0 Å². The van der Waals surface area contributed by atoms with Crippen LogP contribution in [0.15, 0.2) is 30.3 Å². The van der Waals surface area contributed by atoms with Crippen molar-refractivity contribution in [2.75, 3.05) is 21.0 Å². The summed E-state index contributed by atoms with van der Waals surface area (Å²) in [7, 11) is 3.45. The van der Waals surface area contributed by atoms with Crippen molar-refractivity contribution < 1.29 is 40.5 Å². The van der Waals surface area contributed by atoms with Gasteiger partial charge in [-0.2, -0.15) is 4.57 Å². The molecule has 0 N–H and O–H groups in total. The van der Waals surface area contributed by atoms with E-state index in [0.717, 1.165) is 41.3 Å². The molecule has 158 valence electrons. The highest BCUT2D eigenvalue weighted by molar-refractivity contribution is 6.18. The summed E-state index contributed by atoms with van der Waals surface area (Å²) in [5.74, 6) is 3.96. The van der Waals surface area contributed by atoms with Gasteiger partial charge >= 0.3 is 0 Å². The molecule has 3 heterocycles. The van der Waals surface area contributed by atoms with E-state index in [0.29, 0.717) is 12.7 Å². The minimum absolute atomic E-state index is 0. The number of nitrogens with zero attached hydrogens (tertiary/aromatic N) is 1. The summed E-state index contributed by atoms with van der Waals surface area (Å²) in [6.07, 6.45) is 3.44. The normalized spacial score (nSPS) is 16.2. The molecule has 3 aliphatic rings. The van der Waals surface area contributed by atoms with Crippen molar-refractivity contribution in [2.24, 2.45) is 0 Å². The van der Waals surface area contributed by atoms with Crippen molar-refractivity contribution in [2.45, 2.75) is 31.7 Å². The van der Waals surface area contributed by atoms with Crippen LogP contribution in [0.4, 0.5) is 0 Å². The van der Waals surface area contributed by atoms with Crippen LogP contribution in [0.3, 0.4) is 0 Å². The van der Waals surface area contributed by atoms with Gasteiger partial charge in [-0.15, -0.1) is 0 Å². The van der Waals surface area contributed by atoms with Gasteiger partial charge < -0.3 is 35.9 Å². The first-order valence-electron chi connectivity index (χ1n) is 10.6. The highest BCUT2D eigenvalue weighted by Gasteiger charge is 2.40. The number of aromatic nitrogens is 1. The van der Waals surface area contributed by atoms with Gasteiger partial charge in [-0.05, 0) is 48.7 Å². The largest absolute Gasteiger partial charge is 1.00 e. The molecule has 4 aromatic rings. The van der Waals surface area contributed by atoms with Gasteiger partial charge in [0.25, 0.3) is 0 Å².